The molecule has 0 radical (unpaired) electrons. The SMILES string of the molecule is CC(C)c1c2n(c3ncccc13)CN(C)C(=O)C2. The van der Waals surface area contributed by atoms with Crippen molar-refractivity contribution in [3.8, 4) is 0 Å². The van der Waals surface area contributed by atoms with E-state index >= 15 is 0 Å². The molecule has 0 saturated heterocycles. The van der Waals surface area contributed by atoms with E-state index in [2.05, 4.69) is 29.5 Å². The van der Waals surface area contributed by atoms with Crippen LogP contribution in [0.5, 0.6) is 0 Å². The van der Waals surface area contributed by atoms with Gasteiger partial charge in [-0.1, -0.05) is 13.8 Å². The van der Waals surface area contributed by atoms with E-state index in [0.29, 0.717) is 19.0 Å². The summed E-state index contributed by atoms with van der Waals surface area (Å²) >= 11 is 0. The predicted octanol–water partition coefficient (Wildman–Crippen LogP) is 2.13. The second-order valence-corrected chi connectivity index (χ2v) is 5.23. The molecule has 0 bridgehead atoms. The van der Waals surface area contributed by atoms with Crippen LogP contribution >= 0.6 is 0 Å². The number of aromatic nitrogens is 2. The normalized spacial score (nSPS) is 15.6. The van der Waals surface area contributed by atoms with Crippen molar-refractivity contribution in [2.75, 3.05) is 7.05 Å². The van der Waals surface area contributed by atoms with E-state index < -0.39 is 0 Å². The second kappa shape index (κ2) is 3.83. The van der Waals surface area contributed by atoms with Crippen molar-refractivity contribution >= 4 is 16.9 Å². The van der Waals surface area contributed by atoms with Gasteiger partial charge in [0.15, 0.2) is 0 Å². The van der Waals surface area contributed by atoms with Gasteiger partial charge in [0, 0.05) is 24.3 Å². The topological polar surface area (TPSA) is 38.1 Å². The lowest BCUT2D eigenvalue weighted by molar-refractivity contribution is -0.132. The van der Waals surface area contributed by atoms with Crippen LogP contribution in [0.25, 0.3) is 11.0 Å². The zero-order valence-electron chi connectivity index (χ0n) is 11.0. The number of fused-ring (bicyclic) bond motifs is 3. The Hall–Kier alpha value is -1.84. The summed E-state index contributed by atoms with van der Waals surface area (Å²) < 4.78 is 2.17. The van der Waals surface area contributed by atoms with Gasteiger partial charge in [-0.15, -0.1) is 0 Å². The van der Waals surface area contributed by atoms with Crippen LogP contribution in [0.2, 0.25) is 0 Å². The smallest absolute Gasteiger partial charge is 0.229 e. The summed E-state index contributed by atoms with van der Waals surface area (Å²) in [5.74, 6) is 0.594. The van der Waals surface area contributed by atoms with Crippen LogP contribution in [0.15, 0.2) is 18.3 Å². The third-order valence-corrected chi connectivity index (χ3v) is 3.64. The third kappa shape index (κ3) is 1.45. The van der Waals surface area contributed by atoms with Crippen molar-refractivity contribution in [2.24, 2.45) is 0 Å². The molecule has 0 atom stereocenters. The lowest BCUT2D eigenvalue weighted by Gasteiger charge is -2.26. The van der Waals surface area contributed by atoms with Gasteiger partial charge >= 0.3 is 0 Å². The first-order chi connectivity index (χ1) is 8.59. The molecule has 0 N–H and O–H groups in total. The molecule has 1 aliphatic rings. The van der Waals surface area contributed by atoms with Crippen LogP contribution in [-0.2, 0) is 17.9 Å². The minimum atomic E-state index is 0.187. The highest BCUT2D eigenvalue weighted by molar-refractivity contribution is 5.88. The van der Waals surface area contributed by atoms with Gasteiger partial charge in [-0.25, -0.2) is 4.98 Å². The number of rotatable bonds is 1. The predicted molar refractivity (Wildman–Crippen MR) is 70.3 cm³/mol. The first kappa shape index (κ1) is 11.3. The molecule has 3 heterocycles. The summed E-state index contributed by atoms with van der Waals surface area (Å²) in [6.07, 6.45) is 2.30. The molecule has 0 unspecified atom stereocenters. The molecule has 94 valence electrons. The largest absolute Gasteiger partial charge is 0.327 e. The number of pyridine rings is 1. The molecule has 0 spiro atoms. The van der Waals surface area contributed by atoms with Crippen molar-refractivity contribution in [1.82, 2.24) is 14.5 Å². The lowest BCUT2D eigenvalue weighted by atomic mass is 9.98. The van der Waals surface area contributed by atoms with Gasteiger partial charge in [0.2, 0.25) is 5.91 Å². The summed E-state index contributed by atoms with van der Waals surface area (Å²) in [7, 11) is 1.84. The van der Waals surface area contributed by atoms with E-state index in [1.54, 1.807) is 4.90 Å². The van der Waals surface area contributed by atoms with Gasteiger partial charge in [0.25, 0.3) is 0 Å². The van der Waals surface area contributed by atoms with Gasteiger partial charge in [0.1, 0.15) is 5.65 Å². The zero-order chi connectivity index (χ0) is 12.9. The number of hydrogen-bond acceptors (Lipinski definition) is 2. The molecule has 0 fully saturated rings. The van der Waals surface area contributed by atoms with Gasteiger partial charge in [-0.3, -0.25) is 4.79 Å². The molecule has 4 heteroatoms. The number of carbonyl (C=O) groups is 1. The van der Waals surface area contributed by atoms with Crippen molar-refractivity contribution in [2.45, 2.75) is 32.9 Å². The lowest BCUT2D eigenvalue weighted by Crippen LogP contribution is -2.36. The molecule has 2 aromatic heterocycles. The van der Waals surface area contributed by atoms with E-state index in [-0.39, 0.29) is 5.91 Å². The number of likely N-dealkylation sites (N-methyl/N-ethyl adjacent to an activating group) is 1. The number of carbonyl (C=O) groups excluding carboxylic acids is 1. The molecule has 1 amide bonds. The maximum absolute atomic E-state index is 11.9. The van der Waals surface area contributed by atoms with Crippen molar-refractivity contribution < 1.29 is 4.79 Å². The van der Waals surface area contributed by atoms with E-state index in [0.717, 1.165) is 11.3 Å². The molecule has 0 aromatic carbocycles. The van der Waals surface area contributed by atoms with E-state index in [4.69, 9.17) is 0 Å². The van der Waals surface area contributed by atoms with Gasteiger partial charge in [0.05, 0.1) is 13.1 Å². The Morgan fingerprint density at radius 3 is 2.89 bits per heavy atom. The minimum Gasteiger partial charge on any atom is -0.327 e. The van der Waals surface area contributed by atoms with Crippen LogP contribution in [0.3, 0.4) is 0 Å². The highest BCUT2D eigenvalue weighted by Crippen LogP contribution is 2.33. The maximum Gasteiger partial charge on any atom is 0.229 e. The molecule has 4 nitrogen and oxygen atoms in total. The van der Waals surface area contributed by atoms with Crippen molar-refractivity contribution in [3.63, 3.8) is 0 Å². The number of hydrogen-bond donors (Lipinski definition) is 0. The third-order valence-electron chi connectivity index (χ3n) is 3.64. The van der Waals surface area contributed by atoms with Crippen LogP contribution in [0.4, 0.5) is 0 Å². The number of amides is 1. The van der Waals surface area contributed by atoms with Crippen molar-refractivity contribution in [3.05, 3.63) is 29.6 Å². The Labute approximate surface area is 106 Å². The van der Waals surface area contributed by atoms with Gasteiger partial charge in [-0.05, 0) is 23.6 Å². The standard InChI is InChI=1S/C14H17N3O/c1-9(2)13-10-5-4-6-15-14(10)17-8-16(3)12(18)7-11(13)17/h4-6,9H,7-8H2,1-3H3. The Bertz CT molecular complexity index is 627. The molecule has 0 aliphatic carbocycles. The first-order valence-electron chi connectivity index (χ1n) is 6.29. The molecule has 0 saturated carbocycles. The van der Waals surface area contributed by atoms with Crippen LogP contribution in [-0.4, -0.2) is 27.4 Å². The fraction of sp³-hybridized carbons (Fsp3) is 0.429. The molecule has 18 heavy (non-hydrogen) atoms. The molecule has 2 aromatic rings. The quantitative estimate of drug-likeness (QED) is 0.769. The second-order valence-electron chi connectivity index (χ2n) is 5.23. The summed E-state index contributed by atoms with van der Waals surface area (Å²) in [5, 5.41) is 1.19. The fourth-order valence-corrected chi connectivity index (χ4v) is 2.81. The van der Waals surface area contributed by atoms with Gasteiger partial charge < -0.3 is 9.47 Å². The summed E-state index contributed by atoms with van der Waals surface area (Å²) in [5.41, 5.74) is 3.41. The van der Waals surface area contributed by atoms with E-state index in [1.807, 2.05) is 19.3 Å². The monoisotopic (exact) mass is 243 g/mol. The molecule has 3 rings (SSSR count). The molecular formula is C14H17N3O. The Kier molecular flexibility index (Phi) is 2.40. The Balaban J connectivity index is 2.33. The minimum absolute atomic E-state index is 0.187. The number of nitrogens with zero attached hydrogens (tertiary/aromatic N) is 3. The maximum atomic E-state index is 11.9. The van der Waals surface area contributed by atoms with Crippen LogP contribution < -0.4 is 0 Å². The van der Waals surface area contributed by atoms with Crippen LogP contribution in [0, 0.1) is 0 Å². The van der Waals surface area contributed by atoms with Crippen molar-refractivity contribution in [1.29, 1.82) is 0 Å². The summed E-state index contributed by atoms with van der Waals surface area (Å²) in [6, 6.07) is 4.07. The Morgan fingerprint density at radius 2 is 2.17 bits per heavy atom. The fourth-order valence-electron chi connectivity index (χ4n) is 2.81. The average Bonchev–Trinajstić information content (AvgIpc) is 2.64. The Morgan fingerprint density at radius 1 is 1.39 bits per heavy atom. The van der Waals surface area contributed by atoms with Gasteiger partial charge in [-0.2, -0.15) is 0 Å². The summed E-state index contributed by atoms with van der Waals surface area (Å²) in [4.78, 5) is 18.1. The van der Waals surface area contributed by atoms with Crippen LogP contribution in [0.1, 0.15) is 31.0 Å². The average molecular weight is 243 g/mol. The molecular weight excluding hydrogens is 226 g/mol. The zero-order valence-corrected chi connectivity index (χ0v) is 11.0. The first-order valence-corrected chi connectivity index (χ1v) is 6.29. The highest BCUT2D eigenvalue weighted by Gasteiger charge is 2.27. The highest BCUT2D eigenvalue weighted by atomic mass is 16.2. The summed E-state index contributed by atoms with van der Waals surface area (Å²) in [6.45, 7) is 4.95. The van der Waals surface area contributed by atoms with E-state index in [9.17, 15) is 4.79 Å². The molecule has 1 aliphatic heterocycles. The van der Waals surface area contributed by atoms with E-state index in [1.165, 1.54) is 10.9 Å².